The molecule has 1 aromatic carbocycles. The van der Waals surface area contributed by atoms with Crippen LogP contribution in [-0.4, -0.2) is 70.3 Å². The van der Waals surface area contributed by atoms with Crippen molar-refractivity contribution in [2.45, 2.75) is 123 Å². The fourth-order valence-electron chi connectivity index (χ4n) is 6.28. The number of nitrogens with one attached hydrogen (secondary N) is 3. The van der Waals surface area contributed by atoms with Gasteiger partial charge in [-0.05, 0) is 122 Å². The third-order valence-corrected chi connectivity index (χ3v) is 8.82. The van der Waals surface area contributed by atoms with Gasteiger partial charge in [-0.1, -0.05) is 6.07 Å². The van der Waals surface area contributed by atoms with E-state index >= 15 is 0 Å². The van der Waals surface area contributed by atoms with E-state index < -0.39 is 29.4 Å². The second-order valence-corrected chi connectivity index (χ2v) is 15.5. The first-order chi connectivity index (χ1) is 24.4. The summed E-state index contributed by atoms with van der Waals surface area (Å²) in [6.45, 7) is 13.0. The molecule has 13 heteroatoms. The number of pyridine rings is 1. The van der Waals surface area contributed by atoms with Crippen molar-refractivity contribution in [1.82, 2.24) is 20.5 Å². The number of alkyl carbamates (subject to hydrolysis) is 2. The van der Waals surface area contributed by atoms with Crippen LogP contribution in [0.3, 0.4) is 0 Å². The smallest absolute Gasteiger partial charge is 0.408 e. The Hall–Kier alpha value is -5.07. The number of nitrogens with zero attached hydrogens (tertiary/aromatic N) is 2. The van der Waals surface area contributed by atoms with E-state index in [9.17, 15) is 19.2 Å². The topological polar surface area (TPSA) is 161 Å². The lowest BCUT2D eigenvalue weighted by Gasteiger charge is -2.30. The zero-order chi connectivity index (χ0) is 37.8. The zero-order valence-electron chi connectivity index (χ0n) is 31.4. The van der Waals surface area contributed by atoms with Crippen LogP contribution in [0.25, 0.3) is 17.0 Å². The lowest BCUT2D eigenvalue weighted by molar-refractivity contribution is -0.125. The van der Waals surface area contributed by atoms with Gasteiger partial charge in [0.25, 0.3) is 0 Å². The lowest BCUT2D eigenvalue weighted by Crippen LogP contribution is -2.45. The third kappa shape index (κ3) is 10.3. The van der Waals surface area contributed by atoms with Gasteiger partial charge in [-0.2, -0.15) is 0 Å². The fourth-order valence-corrected chi connectivity index (χ4v) is 6.28. The molecule has 1 fully saturated rings. The summed E-state index contributed by atoms with van der Waals surface area (Å²) in [7, 11) is 1.71. The summed E-state index contributed by atoms with van der Waals surface area (Å²) in [5.41, 5.74) is 1.87. The Morgan fingerprint density at radius 2 is 1.67 bits per heavy atom. The van der Waals surface area contributed by atoms with Gasteiger partial charge in [-0.3, -0.25) is 9.59 Å². The van der Waals surface area contributed by atoms with Gasteiger partial charge >= 0.3 is 12.2 Å². The summed E-state index contributed by atoms with van der Waals surface area (Å²) in [5, 5.41) is 9.27. The molecule has 280 valence electrons. The predicted octanol–water partition coefficient (Wildman–Crippen LogP) is 6.80. The number of likely N-dealkylation sites (N-methyl/N-ethyl adjacent to an activating group) is 1. The molecule has 3 aromatic rings. The highest BCUT2D eigenvalue weighted by Gasteiger charge is 2.29. The highest BCUT2D eigenvalue weighted by atomic mass is 16.6. The molecule has 3 heterocycles. The second-order valence-electron chi connectivity index (χ2n) is 15.5. The van der Waals surface area contributed by atoms with Crippen molar-refractivity contribution in [2.75, 3.05) is 12.4 Å². The van der Waals surface area contributed by atoms with E-state index in [0.717, 1.165) is 47.9 Å². The Balaban J connectivity index is 1.17. The Morgan fingerprint density at radius 1 is 1.00 bits per heavy atom. The monoisotopic (exact) mass is 717 g/mol. The van der Waals surface area contributed by atoms with E-state index in [0.29, 0.717) is 35.6 Å². The Labute approximate surface area is 304 Å². The maximum absolute atomic E-state index is 13.2. The molecule has 0 spiro atoms. The summed E-state index contributed by atoms with van der Waals surface area (Å²) in [6.07, 6.45) is 7.73. The molecule has 5 rings (SSSR count). The van der Waals surface area contributed by atoms with Crippen molar-refractivity contribution >= 4 is 46.9 Å². The number of carbonyl (C=O) groups is 4. The highest BCUT2D eigenvalue weighted by molar-refractivity contribution is 5.97. The number of amides is 4. The van der Waals surface area contributed by atoms with Crippen molar-refractivity contribution in [2.24, 2.45) is 0 Å². The van der Waals surface area contributed by atoms with Crippen molar-refractivity contribution in [3.8, 4) is 5.75 Å². The van der Waals surface area contributed by atoms with Crippen LogP contribution in [0.2, 0.25) is 0 Å². The van der Waals surface area contributed by atoms with Crippen molar-refractivity contribution in [1.29, 1.82) is 0 Å². The van der Waals surface area contributed by atoms with Gasteiger partial charge in [0.15, 0.2) is 0 Å². The summed E-state index contributed by atoms with van der Waals surface area (Å²) >= 11 is 0. The SMILES string of the molecule is Cc1c(CN(C)C(=O)/C=C/c2cnc3c(c2)CCC(NC(=O)OC(C)(C)C)C(=O)N3)oc2cccc(OC3CCC(NC(=O)OC(C)(C)C)CC3)c12. The maximum Gasteiger partial charge on any atom is 0.408 e. The first kappa shape index (κ1) is 38.2. The fraction of sp³-hybridized carbons (Fsp3) is 0.513. The molecule has 1 saturated carbocycles. The third-order valence-electron chi connectivity index (χ3n) is 8.82. The number of carbonyl (C=O) groups excluding carboxylic acids is 4. The van der Waals surface area contributed by atoms with Crippen LogP contribution in [0, 0.1) is 6.92 Å². The molecule has 0 radical (unpaired) electrons. The van der Waals surface area contributed by atoms with E-state index in [2.05, 4.69) is 20.9 Å². The molecule has 2 aliphatic rings. The van der Waals surface area contributed by atoms with Crippen LogP contribution in [-0.2, 0) is 32.0 Å². The van der Waals surface area contributed by atoms with Gasteiger partial charge in [-0.15, -0.1) is 0 Å². The minimum absolute atomic E-state index is 0.00323. The molecule has 0 bridgehead atoms. The van der Waals surface area contributed by atoms with Gasteiger partial charge in [0.1, 0.15) is 40.2 Å². The standard InChI is InChI=1S/C39H51N5O8/c1-23-31(50-30-11-9-10-29(33(23)30)49-27-16-14-26(15-17-27)41-36(47)51-38(2,3)4)22-44(8)32(45)19-12-24-20-25-13-18-28(35(46)43-34(25)40-21-24)42-37(48)52-39(5,6)7/h9-12,19-21,26-28H,13-18,22H2,1-8H3,(H,41,47)(H,42,48)(H,40,43,46)/b19-12+. The minimum Gasteiger partial charge on any atom is -0.490 e. The van der Waals surface area contributed by atoms with E-state index in [1.54, 1.807) is 45.0 Å². The number of benzene rings is 1. The van der Waals surface area contributed by atoms with Gasteiger partial charge in [0.05, 0.1) is 18.0 Å². The number of hydrogen-bond acceptors (Lipinski definition) is 9. The van der Waals surface area contributed by atoms with Gasteiger partial charge in [0.2, 0.25) is 11.8 Å². The molecule has 13 nitrogen and oxygen atoms in total. The Bertz CT molecular complexity index is 1830. The normalized spacial score (nSPS) is 19.3. The zero-order valence-corrected chi connectivity index (χ0v) is 31.4. The number of aromatic nitrogens is 1. The molecular formula is C39H51N5O8. The van der Waals surface area contributed by atoms with Crippen LogP contribution in [0.1, 0.15) is 96.1 Å². The number of fused-ring (bicyclic) bond motifs is 2. The average molecular weight is 718 g/mol. The molecule has 1 atom stereocenters. The summed E-state index contributed by atoms with van der Waals surface area (Å²) in [6, 6.07) is 6.89. The van der Waals surface area contributed by atoms with Crippen LogP contribution in [0.15, 0.2) is 41.0 Å². The summed E-state index contributed by atoms with van der Waals surface area (Å²) < 4.78 is 23.4. The van der Waals surface area contributed by atoms with Crippen LogP contribution >= 0.6 is 0 Å². The van der Waals surface area contributed by atoms with Crippen LogP contribution in [0.5, 0.6) is 5.75 Å². The molecule has 1 aliphatic carbocycles. The summed E-state index contributed by atoms with van der Waals surface area (Å²) in [5.74, 6) is 1.23. The number of ether oxygens (including phenoxy) is 3. The quantitative estimate of drug-likeness (QED) is 0.213. The van der Waals surface area contributed by atoms with Gasteiger partial charge < -0.3 is 39.5 Å². The van der Waals surface area contributed by atoms with Crippen molar-refractivity contribution in [3.05, 3.63) is 59.0 Å². The summed E-state index contributed by atoms with van der Waals surface area (Å²) in [4.78, 5) is 56.4. The van der Waals surface area contributed by atoms with E-state index in [4.69, 9.17) is 18.6 Å². The molecule has 2 aromatic heterocycles. The largest absolute Gasteiger partial charge is 0.490 e. The van der Waals surface area contributed by atoms with E-state index in [-0.39, 0.29) is 30.5 Å². The average Bonchev–Trinajstić information content (AvgIpc) is 3.27. The maximum atomic E-state index is 13.2. The molecule has 3 N–H and O–H groups in total. The molecule has 0 saturated heterocycles. The van der Waals surface area contributed by atoms with Crippen molar-refractivity contribution < 1.29 is 37.8 Å². The Morgan fingerprint density at radius 3 is 2.35 bits per heavy atom. The first-order valence-electron chi connectivity index (χ1n) is 17.8. The van der Waals surface area contributed by atoms with E-state index in [1.807, 2.05) is 52.0 Å². The first-order valence-corrected chi connectivity index (χ1v) is 17.8. The minimum atomic E-state index is -0.766. The van der Waals surface area contributed by atoms with Crippen molar-refractivity contribution in [3.63, 3.8) is 0 Å². The van der Waals surface area contributed by atoms with E-state index in [1.165, 1.54) is 6.08 Å². The van der Waals surface area contributed by atoms with Gasteiger partial charge in [0, 0.05) is 30.9 Å². The number of aryl methyl sites for hydroxylation is 2. The lowest BCUT2D eigenvalue weighted by atomic mass is 9.93. The molecule has 1 aliphatic heterocycles. The van der Waals surface area contributed by atoms with Gasteiger partial charge in [-0.25, -0.2) is 14.6 Å². The molecular weight excluding hydrogens is 666 g/mol. The molecule has 4 amide bonds. The Kier molecular flexibility index (Phi) is 11.5. The number of furan rings is 1. The van der Waals surface area contributed by atoms with Crippen LogP contribution < -0.4 is 20.7 Å². The second kappa shape index (κ2) is 15.7. The molecule has 1 unspecified atom stereocenters. The van der Waals surface area contributed by atoms with Crippen LogP contribution in [0.4, 0.5) is 15.4 Å². The molecule has 52 heavy (non-hydrogen) atoms. The highest BCUT2D eigenvalue weighted by Crippen LogP contribution is 2.36. The number of anilines is 1. The predicted molar refractivity (Wildman–Crippen MR) is 197 cm³/mol. The number of rotatable bonds is 8. The number of hydrogen-bond donors (Lipinski definition) is 3.